The van der Waals surface area contributed by atoms with Crippen LogP contribution in [0.15, 0.2) is 60.7 Å². The average molecular weight is 451 g/mol. The molecular weight excluding hydrogens is 425 g/mol. The molecule has 4 rings (SSSR count). The fourth-order valence-electron chi connectivity index (χ4n) is 4.15. The lowest BCUT2D eigenvalue weighted by Crippen LogP contribution is -2.43. The lowest BCUT2D eigenvalue weighted by Gasteiger charge is -2.37. The van der Waals surface area contributed by atoms with E-state index in [1.165, 1.54) is 12.1 Å². The van der Waals surface area contributed by atoms with E-state index in [1.54, 1.807) is 50.5 Å². The van der Waals surface area contributed by atoms with E-state index < -0.39 is 11.9 Å². The Morgan fingerprint density at radius 3 is 2.24 bits per heavy atom. The molecule has 1 aliphatic rings. The molecule has 0 saturated heterocycles. The molecule has 3 aromatic carbocycles. The molecule has 0 saturated carbocycles. The third-order valence-electron chi connectivity index (χ3n) is 5.83. The van der Waals surface area contributed by atoms with Gasteiger partial charge in [-0.05, 0) is 53.9 Å². The zero-order valence-electron chi connectivity index (χ0n) is 18.8. The smallest absolute Gasteiger partial charge is 0.257 e. The van der Waals surface area contributed by atoms with Crippen LogP contribution in [0.3, 0.4) is 0 Å². The summed E-state index contributed by atoms with van der Waals surface area (Å²) in [5, 5.41) is 0. The van der Waals surface area contributed by atoms with Crippen molar-refractivity contribution in [3.05, 3.63) is 83.2 Å². The first kappa shape index (κ1) is 22.5. The van der Waals surface area contributed by atoms with E-state index in [-0.39, 0.29) is 18.1 Å². The molecule has 0 bridgehead atoms. The van der Waals surface area contributed by atoms with Gasteiger partial charge in [0.1, 0.15) is 12.4 Å². The number of carbonyl (C=O) groups is 1. The summed E-state index contributed by atoms with van der Waals surface area (Å²) in [6.07, 6.45) is 0.598. The molecule has 1 aliphatic heterocycles. The molecule has 0 radical (unpaired) electrons. The Hall–Kier alpha value is -3.74. The van der Waals surface area contributed by atoms with Gasteiger partial charge in [-0.25, -0.2) is 4.39 Å². The van der Waals surface area contributed by atoms with Crippen molar-refractivity contribution in [3.8, 4) is 23.0 Å². The minimum absolute atomic E-state index is 0.0312. The van der Waals surface area contributed by atoms with Crippen molar-refractivity contribution >= 4 is 5.91 Å². The highest BCUT2D eigenvalue weighted by molar-refractivity contribution is 5.95. The van der Waals surface area contributed by atoms with Gasteiger partial charge in [0.2, 0.25) is 0 Å². The van der Waals surface area contributed by atoms with Crippen LogP contribution in [0.5, 0.6) is 23.0 Å². The summed E-state index contributed by atoms with van der Waals surface area (Å²) in [5.74, 6) is 1.39. The summed E-state index contributed by atoms with van der Waals surface area (Å²) in [4.78, 5) is 15.1. The van der Waals surface area contributed by atoms with Gasteiger partial charge in [-0.3, -0.25) is 4.79 Å². The Balaban J connectivity index is 1.73. The van der Waals surface area contributed by atoms with E-state index >= 15 is 0 Å². The van der Waals surface area contributed by atoms with Gasteiger partial charge < -0.3 is 23.8 Å². The third kappa shape index (κ3) is 4.44. The van der Waals surface area contributed by atoms with E-state index in [0.29, 0.717) is 36.0 Å². The molecule has 0 aromatic heterocycles. The number of benzene rings is 3. The fourth-order valence-corrected chi connectivity index (χ4v) is 4.15. The van der Waals surface area contributed by atoms with Crippen molar-refractivity contribution in [1.29, 1.82) is 0 Å². The molecule has 33 heavy (non-hydrogen) atoms. The number of hydrogen-bond acceptors (Lipinski definition) is 5. The normalized spacial score (nSPS) is 14.9. The lowest BCUT2D eigenvalue weighted by molar-refractivity contribution is 0.0582. The topological polar surface area (TPSA) is 57.2 Å². The second-order valence-corrected chi connectivity index (χ2v) is 7.61. The highest BCUT2D eigenvalue weighted by atomic mass is 19.1. The first-order chi connectivity index (χ1) is 16.1. The van der Waals surface area contributed by atoms with Crippen LogP contribution in [0, 0.1) is 5.82 Å². The van der Waals surface area contributed by atoms with Crippen molar-refractivity contribution in [3.63, 3.8) is 0 Å². The van der Waals surface area contributed by atoms with Gasteiger partial charge in [-0.1, -0.05) is 24.3 Å². The maximum atomic E-state index is 14.5. The van der Waals surface area contributed by atoms with Gasteiger partial charge in [0.05, 0.1) is 32.9 Å². The predicted molar refractivity (Wildman–Crippen MR) is 122 cm³/mol. The van der Waals surface area contributed by atoms with Gasteiger partial charge in [-0.2, -0.15) is 0 Å². The van der Waals surface area contributed by atoms with E-state index in [2.05, 4.69) is 0 Å². The van der Waals surface area contributed by atoms with Crippen LogP contribution < -0.4 is 18.9 Å². The minimum Gasteiger partial charge on any atom is -0.493 e. The maximum Gasteiger partial charge on any atom is 0.257 e. The molecule has 0 N–H and O–H groups in total. The fraction of sp³-hybridized carbons (Fsp3) is 0.269. The molecular formula is C26H26FNO5. The van der Waals surface area contributed by atoms with Crippen LogP contribution in [0.1, 0.15) is 27.5 Å². The van der Waals surface area contributed by atoms with Gasteiger partial charge in [0.25, 0.3) is 5.91 Å². The number of methoxy groups -OCH3 is 3. The number of amides is 1. The van der Waals surface area contributed by atoms with E-state index in [1.807, 2.05) is 24.3 Å². The molecule has 172 valence electrons. The molecule has 1 heterocycles. The lowest BCUT2D eigenvalue weighted by atomic mass is 9.91. The van der Waals surface area contributed by atoms with E-state index in [0.717, 1.165) is 11.1 Å². The zero-order chi connectivity index (χ0) is 23.4. The number of hydrogen-bond donors (Lipinski definition) is 0. The summed E-state index contributed by atoms with van der Waals surface area (Å²) in [6.45, 7) is 0.568. The molecule has 1 amide bonds. The van der Waals surface area contributed by atoms with Crippen LogP contribution in [-0.4, -0.2) is 45.3 Å². The number of fused-ring (bicyclic) bond motifs is 1. The Morgan fingerprint density at radius 1 is 0.909 bits per heavy atom. The maximum absolute atomic E-state index is 14.5. The van der Waals surface area contributed by atoms with E-state index in [4.69, 9.17) is 18.9 Å². The van der Waals surface area contributed by atoms with Gasteiger partial charge in [-0.15, -0.1) is 0 Å². The van der Waals surface area contributed by atoms with Crippen molar-refractivity contribution in [2.24, 2.45) is 0 Å². The van der Waals surface area contributed by atoms with Crippen LogP contribution in [0.25, 0.3) is 0 Å². The molecule has 1 unspecified atom stereocenters. The first-order valence-corrected chi connectivity index (χ1v) is 10.6. The van der Waals surface area contributed by atoms with Crippen molar-refractivity contribution in [2.45, 2.75) is 12.5 Å². The first-order valence-electron chi connectivity index (χ1n) is 10.6. The molecule has 7 heteroatoms. The quantitative estimate of drug-likeness (QED) is 0.523. The summed E-state index contributed by atoms with van der Waals surface area (Å²) in [6, 6.07) is 16.7. The Bertz CT molecular complexity index is 1150. The number of ether oxygens (including phenoxy) is 4. The monoisotopic (exact) mass is 451 g/mol. The molecule has 3 aromatic rings. The van der Waals surface area contributed by atoms with Crippen LogP contribution in [-0.2, 0) is 6.42 Å². The van der Waals surface area contributed by atoms with E-state index in [9.17, 15) is 9.18 Å². The molecule has 1 atom stereocenters. The molecule has 0 spiro atoms. The summed E-state index contributed by atoms with van der Waals surface area (Å²) in [5.41, 5.74) is 1.93. The standard InChI is InChI=1S/C26H26FNO5/c1-30-22-10-6-7-11-23(22)33-16-21-19-15-25(32-3)24(31-2)14-17(19)12-13-28(21)26(29)18-8-4-5-9-20(18)27/h4-11,14-15,21H,12-13,16H2,1-3H3. The summed E-state index contributed by atoms with van der Waals surface area (Å²) in [7, 11) is 4.72. The number of carbonyl (C=O) groups excluding carboxylic acids is 1. The summed E-state index contributed by atoms with van der Waals surface area (Å²) < 4.78 is 36.9. The number of nitrogens with zero attached hydrogens (tertiary/aromatic N) is 1. The Labute approximate surface area is 192 Å². The second-order valence-electron chi connectivity index (χ2n) is 7.61. The van der Waals surface area contributed by atoms with Gasteiger partial charge in [0, 0.05) is 6.54 Å². The SMILES string of the molecule is COc1cc2c(cc1OC)C(COc1ccccc1OC)N(C(=O)c1ccccc1F)CC2. The highest BCUT2D eigenvalue weighted by Gasteiger charge is 2.34. The van der Waals surface area contributed by atoms with Crippen molar-refractivity contribution < 1.29 is 28.1 Å². The van der Waals surface area contributed by atoms with Crippen LogP contribution in [0.4, 0.5) is 4.39 Å². The van der Waals surface area contributed by atoms with Gasteiger partial charge >= 0.3 is 0 Å². The van der Waals surface area contributed by atoms with Crippen LogP contribution >= 0.6 is 0 Å². The predicted octanol–water partition coefficient (Wildman–Crippen LogP) is 4.67. The van der Waals surface area contributed by atoms with Crippen molar-refractivity contribution in [1.82, 2.24) is 4.90 Å². The Morgan fingerprint density at radius 2 is 1.55 bits per heavy atom. The summed E-state index contributed by atoms with van der Waals surface area (Å²) >= 11 is 0. The number of halogens is 1. The highest BCUT2D eigenvalue weighted by Crippen LogP contribution is 2.39. The minimum atomic E-state index is -0.551. The molecule has 6 nitrogen and oxygen atoms in total. The number of rotatable bonds is 7. The van der Waals surface area contributed by atoms with Gasteiger partial charge in [0.15, 0.2) is 23.0 Å². The average Bonchev–Trinajstić information content (AvgIpc) is 2.86. The van der Waals surface area contributed by atoms with Crippen molar-refractivity contribution in [2.75, 3.05) is 34.5 Å². The Kier molecular flexibility index (Phi) is 6.68. The zero-order valence-corrected chi connectivity index (χ0v) is 18.8. The second kappa shape index (κ2) is 9.81. The largest absolute Gasteiger partial charge is 0.493 e. The molecule has 0 fully saturated rings. The third-order valence-corrected chi connectivity index (χ3v) is 5.83. The number of para-hydroxylation sites is 2. The molecule has 0 aliphatic carbocycles. The van der Waals surface area contributed by atoms with Crippen LogP contribution in [0.2, 0.25) is 0 Å².